The van der Waals surface area contributed by atoms with Crippen LogP contribution in [0.25, 0.3) is 10.9 Å². The second-order valence-electron chi connectivity index (χ2n) is 10.1. The number of aromatic nitrogens is 1. The maximum Gasteiger partial charge on any atom is 0.268 e. The Hall–Kier alpha value is -2.89. The molecule has 5 rings (SSSR count). The van der Waals surface area contributed by atoms with Crippen molar-refractivity contribution in [2.45, 2.75) is 64.4 Å². The SMILES string of the molecule is Cc1ccc(C2CCCCN2Cc2c(C)cc(C)c3c2ccn3S(=O)(=O)c2ccc(C)cc2)cc1. The van der Waals surface area contributed by atoms with Crippen molar-refractivity contribution in [3.63, 3.8) is 0 Å². The van der Waals surface area contributed by atoms with E-state index in [2.05, 4.69) is 49.1 Å². The molecule has 4 nitrogen and oxygen atoms in total. The summed E-state index contributed by atoms with van der Waals surface area (Å²) in [6.45, 7) is 10.1. The Bertz CT molecular complexity index is 1470. The standard InChI is InChI=1S/C30H34N2O2S/c1-21-8-12-25(13-9-21)29-7-5-6-17-31(29)20-28-23(3)19-24(4)30-27(28)16-18-32(30)35(33,34)26-14-10-22(2)11-15-26/h8-16,18-19,29H,5-7,17,20H2,1-4H3. The molecular weight excluding hydrogens is 452 g/mol. The first-order valence-corrected chi connectivity index (χ1v) is 13.9. The summed E-state index contributed by atoms with van der Waals surface area (Å²) >= 11 is 0. The van der Waals surface area contributed by atoms with Gasteiger partial charge in [-0.2, -0.15) is 0 Å². The van der Waals surface area contributed by atoms with Crippen LogP contribution in [0.5, 0.6) is 0 Å². The summed E-state index contributed by atoms with van der Waals surface area (Å²) in [5.74, 6) is 0. The van der Waals surface area contributed by atoms with Gasteiger partial charge in [0.15, 0.2) is 0 Å². The number of benzene rings is 3. The molecule has 0 amide bonds. The van der Waals surface area contributed by atoms with E-state index in [4.69, 9.17) is 0 Å². The average molecular weight is 487 g/mol. The maximum atomic E-state index is 13.6. The van der Waals surface area contributed by atoms with Gasteiger partial charge in [-0.3, -0.25) is 4.90 Å². The fourth-order valence-electron chi connectivity index (χ4n) is 5.52. The minimum atomic E-state index is -3.68. The molecule has 4 aromatic rings. The van der Waals surface area contributed by atoms with Gasteiger partial charge < -0.3 is 0 Å². The van der Waals surface area contributed by atoms with Crippen LogP contribution in [-0.2, 0) is 16.6 Å². The average Bonchev–Trinajstić information content (AvgIpc) is 3.30. The highest BCUT2D eigenvalue weighted by Gasteiger charge is 2.27. The molecule has 1 aliphatic heterocycles. The number of piperidine rings is 1. The summed E-state index contributed by atoms with van der Waals surface area (Å²) in [5.41, 5.74) is 7.90. The molecule has 2 heterocycles. The van der Waals surface area contributed by atoms with Crippen LogP contribution in [0.2, 0.25) is 0 Å². The molecule has 1 atom stereocenters. The van der Waals surface area contributed by atoms with E-state index in [9.17, 15) is 8.42 Å². The highest BCUT2D eigenvalue weighted by atomic mass is 32.2. The third-order valence-corrected chi connectivity index (χ3v) is 9.16. The zero-order chi connectivity index (χ0) is 24.7. The van der Waals surface area contributed by atoms with Gasteiger partial charge in [-0.15, -0.1) is 0 Å². The molecule has 1 aliphatic rings. The number of hydrogen-bond acceptors (Lipinski definition) is 3. The van der Waals surface area contributed by atoms with Gasteiger partial charge in [0, 0.05) is 24.2 Å². The molecule has 3 aromatic carbocycles. The summed E-state index contributed by atoms with van der Waals surface area (Å²) in [6, 6.07) is 20.5. The van der Waals surface area contributed by atoms with Gasteiger partial charge in [-0.25, -0.2) is 12.4 Å². The Morgan fingerprint density at radius 3 is 2.17 bits per heavy atom. The summed E-state index contributed by atoms with van der Waals surface area (Å²) in [4.78, 5) is 2.90. The number of fused-ring (bicyclic) bond motifs is 1. The predicted molar refractivity (Wildman–Crippen MR) is 143 cm³/mol. The number of hydrogen-bond donors (Lipinski definition) is 0. The van der Waals surface area contributed by atoms with Gasteiger partial charge in [0.25, 0.3) is 10.0 Å². The Labute approximate surface area is 209 Å². The lowest BCUT2D eigenvalue weighted by atomic mass is 9.92. The van der Waals surface area contributed by atoms with E-state index in [1.54, 1.807) is 18.3 Å². The summed E-state index contributed by atoms with van der Waals surface area (Å²) < 4.78 is 28.6. The normalized spacial score (nSPS) is 17.2. The fourth-order valence-corrected chi connectivity index (χ4v) is 6.93. The van der Waals surface area contributed by atoms with Crippen molar-refractivity contribution in [2.75, 3.05) is 6.54 Å². The molecule has 1 aromatic heterocycles. The van der Waals surface area contributed by atoms with Crippen LogP contribution in [0.15, 0.2) is 71.8 Å². The molecule has 0 saturated carbocycles. The van der Waals surface area contributed by atoms with Crippen LogP contribution in [0, 0.1) is 27.7 Å². The Kier molecular flexibility index (Phi) is 6.32. The second-order valence-corrected chi connectivity index (χ2v) is 11.9. The molecule has 35 heavy (non-hydrogen) atoms. The van der Waals surface area contributed by atoms with Crippen molar-refractivity contribution in [1.82, 2.24) is 8.87 Å². The van der Waals surface area contributed by atoms with Crippen molar-refractivity contribution >= 4 is 20.9 Å². The smallest absolute Gasteiger partial charge is 0.268 e. The molecule has 0 N–H and O–H groups in total. The van der Waals surface area contributed by atoms with Crippen LogP contribution >= 0.6 is 0 Å². The highest BCUT2D eigenvalue weighted by Crippen LogP contribution is 2.36. The first kappa shape index (κ1) is 23.8. The second kappa shape index (κ2) is 9.29. The van der Waals surface area contributed by atoms with Gasteiger partial charge in [-0.1, -0.05) is 60.0 Å². The Morgan fingerprint density at radius 1 is 0.829 bits per heavy atom. The molecule has 0 aliphatic carbocycles. The van der Waals surface area contributed by atoms with E-state index in [0.717, 1.165) is 41.5 Å². The maximum absolute atomic E-state index is 13.6. The van der Waals surface area contributed by atoms with Crippen molar-refractivity contribution in [1.29, 1.82) is 0 Å². The third kappa shape index (κ3) is 4.43. The predicted octanol–water partition coefficient (Wildman–Crippen LogP) is 6.84. The Balaban J connectivity index is 1.57. The van der Waals surface area contributed by atoms with E-state index < -0.39 is 10.0 Å². The first-order valence-electron chi connectivity index (χ1n) is 12.5. The summed E-state index contributed by atoms with van der Waals surface area (Å²) in [5, 5.41) is 1.03. The van der Waals surface area contributed by atoms with Crippen LogP contribution in [0.1, 0.15) is 58.7 Å². The first-order chi connectivity index (χ1) is 16.8. The number of aryl methyl sites for hydroxylation is 4. The molecule has 0 bridgehead atoms. The zero-order valence-corrected chi connectivity index (χ0v) is 21.9. The minimum absolute atomic E-state index is 0.317. The topological polar surface area (TPSA) is 42.3 Å². The fraction of sp³-hybridized carbons (Fsp3) is 0.333. The lowest BCUT2D eigenvalue weighted by molar-refractivity contribution is 0.141. The van der Waals surface area contributed by atoms with E-state index in [-0.39, 0.29) is 0 Å². The lowest BCUT2D eigenvalue weighted by Gasteiger charge is -2.36. The largest absolute Gasteiger partial charge is 0.292 e. The van der Waals surface area contributed by atoms with Crippen LogP contribution in [0.4, 0.5) is 0 Å². The molecule has 0 radical (unpaired) electrons. The van der Waals surface area contributed by atoms with E-state index in [1.165, 1.54) is 39.1 Å². The quantitative estimate of drug-likeness (QED) is 0.310. The van der Waals surface area contributed by atoms with E-state index in [0.29, 0.717) is 10.9 Å². The van der Waals surface area contributed by atoms with Crippen LogP contribution in [-0.4, -0.2) is 23.8 Å². The lowest BCUT2D eigenvalue weighted by Crippen LogP contribution is -2.33. The molecule has 1 saturated heterocycles. The van der Waals surface area contributed by atoms with Crippen LogP contribution in [0.3, 0.4) is 0 Å². The molecule has 1 fully saturated rings. The molecule has 0 spiro atoms. The van der Waals surface area contributed by atoms with Crippen molar-refractivity contribution in [3.8, 4) is 0 Å². The number of likely N-dealkylation sites (tertiary alicyclic amines) is 1. The Morgan fingerprint density at radius 2 is 1.49 bits per heavy atom. The monoisotopic (exact) mass is 486 g/mol. The zero-order valence-electron chi connectivity index (χ0n) is 21.1. The van der Waals surface area contributed by atoms with Gasteiger partial charge in [0.2, 0.25) is 0 Å². The molecule has 5 heteroatoms. The highest BCUT2D eigenvalue weighted by molar-refractivity contribution is 7.90. The van der Waals surface area contributed by atoms with Gasteiger partial charge in [-0.05, 0) is 87.5 Å². The van der Waals surface area contributed by atoms with Gasteiger partial charge in [0.05, 0.1) is 10.4 Å². The van der Waals surface area contributed by atoms with Crippen molar-refractivity contribution < 1.29 is 8.42 Å². The third-order valence-electron chi connectivity index (χ3n) is 7.47. The van der Waals surface area contributed by atoms with Crippen LogP contribution < -0.4 is 0 Å². The number of nitrogens with zero attached hydrogens (tertiary/aromatic N) is 2. The molecular formula is C30H34N2O2S. The van der Waals surface area contributed by atoms with E-state index >= 15 is 0 Å². The molecule has 182 valence electrons. The van der Waals surface area contributed by atoms with Crippen molar-refractivity contribution in [2.24, 2.45) is 0 Å². The minimum Gasteiger partial charge on any atom is -0.292 e. The van der Waals surface area contributed by atoms with Gasteiger partial charge in [0.1, 0.15) is 0 Å². The summed E-state index contributed by atoms with van der Waals surface area (Å²) in [7, 11) is -3.68. The molecule has 1 unspecified atom stereocenters. The van der Waals surface area contributed by atoms with Gasteiger partial charge >= 0.3 is 0 Å². The number of rotatable bonds is 5. The van der Waals surface area contributed by atoms with E-state index in [1.807, 2.05) is 32.0 Å². The summed E-state index contributed by atoms with van der Waals surface area (Å²) in [6.07, 6.45) is 5.31. The van der Waals surface area contributed by atoms with Crippen molar-refractivity contribution in [3.05, 3.63) is 100 Å².